The molecule has 1 saturated heterocycles. The van der Waals surface area contributed by atoms with Crippen molar-refractivity contribution in [2.75, 3.05) is 18.6 Å². The number of thioether (sulfide) groups is 1. The predicted molar refractivity (Wildman–Crippen MR) is 153 cm³/mol. The predicted octanol–water partition coefficient (Wildman–Crippen LogP) is 4.40. The molecule has 2 aromatic heterocycles. The molecule has 3 heterocycles. The molecule has 4 N–H and O–H groups in total. The number of rotatable bonds is 9. The lowest BCUT2D eigenvalue weighted by Gasteiger charge is -2.47. The van der Waals surface area contributed by atoms with Crippen molar-refractivity contribution in [3.8, 4) is 28.7 Å². The Balaban J connectivity index is 1.45. The molecule has 2 aromatic rings. The number of hydrogen-bond donors (Lipinski definition) is 3. The van der Waals surface area contributed by atoms with Gasteiger partial charge in [0.05, 0.1) is 24.2 Å². The van der Waals surface area contributed by atoms with Crippen LogP contribution < -0.4 is 26.2 Å². The van der Waals surface area contributed by atoms with E-state index < -0.39 is 23.4 Å². The summed E-state index contributed by atoms with van der Waals surface area (Å²) in [6, 6.07) is 2.81. The molecule has 3 aliphatic rings. The Morgan fingerprint density at radius 2 is 2.00 bits per heavy atom. The quantitative estimate of drug-likeness (QED) is 0.172. The minimum Gasteiger partial charge on any atom is -0.494 e. The molecule has 41 heavy (non-hydrogen) atoms. The number of methoxy groups -OCH3 is 1. The third kappa shape index (κ3) is 6.63. The number of aromatic nitrogens is 2. The second kappa shape index (κ2) is 12.3. The number of anilines is 1. The topological polar surface area (TPSA) is 122 Å². The van der Waals surface area contributed by atoms with E-state index in [0.29, 0.717) is 30.3 Å². The number of ether oxygens (including phenoxy) is 1. The number of alkyl halides is 2. The van der Waals surface area contributed by atoms with Gasteiger partial charge in [-0.1, -0.05) is 18.3 Å². The summed E-state index contributed by atoms with van der Waals surface area (Å²) in [6.45, 7) is 2.31. The van der Waals surface area contributed by atoms with Crippen molar-refractivity contribution in [1.29, 1.82) is 0 Å². The van der Waals surface area contributed by atoms with Gasteiger partial charge < -0.3 is 10.1 Å². The molecule has 2 aliphatic carbocycles. The number of hydrogen-bond acceptors (Lipinski definition) is 8. The van der Waals surface area contributed by atoms with Gasteiger partial charge in [0.1, 0.15) is 22.6 Å². The Morgan fingerprint density at radius 1 is 1.22 bits per heavy atom. The van der Waals surface area contributed by atoms with Gasteiger partial charge >= 0.3 is 0 Å². The van der Waals surface area contributed by atoms with Gasteiger partial charge in [0, 0.05) is 36.2 Å². The summed E-state index contributed by atoms with van der Waals surface area (Å²) in [4.78, 5) is 36.6. The van der Waals surface area contributed by atoms with Gasteiger partial charge in [-0.3, -0.25) is 25.3 Å². The fourth-order valence-corrected chi connectivity index (χ4v) is 6.11. The van der Waals surface area contributed by atoms with Crippen molar-refractivity contribution in [3.05, 3.63) is 35.8 Å². The Morgan fingerprint density at radius 3 is 2.61 bits per heavy atom. The Bertz CT molecular complexity index is 1370. The number of nitrogens with one attached hydrogen (secondary N) is 2. The van der Waals surface area contributed by atoms with Crippen LogP contribution in [0.3, 0.4) is 0 Å². The first kappa shape index (κ1) is 29.2. The van der Waals surface area contributed by atoms with Crippen LogP contribution >= 0.6 is 11.8 Å². The molecule has 1 spiro atoms. The molecule has 2 amide bonds. The van der Waals surface area contributed by atoms with E-state index in [1.54, 1.807) is 17.9 Å². The molecule has 2 unspecified atom stereocenters. The summed E-state index contributed by atoms with van der Waals surface area (Å²) in [7, 11) is 1.40. The summed E-state index contributed by atoms with van der Waals surface area (Å²) in [5.74, 6) is 12.4. The van der Waals surface area contributed by atoms with Gasteiger partial charge in [0.2, 0.25) is 5.91 Å². The zero-order chi connectivity index (χ0) is 29.1. The van der Waals surface area contributed by atoms with Crippen LogP contribution in [0.1, 0.15) is 74.3 Å². The van der Waals surface area contributed by atoms with E-state index in [2.05, 4.69) is 32.6 Å². The summed E-state index contributed by atoms with van der Waals surface area (Å²) in [6.07, 6.45) is 6.51. The largest absolute Gasteiger partial charge is 0.494 e. The van der Waals surface area contributed by atoms with Crippen LogP contribution in [0.5, 0.6) is 5.75 Å². The lowest BCUT2D eigenvalue weighted by Crippen LogP contribution is -2.47. The molecule has 2 saturated carbocycles. The SMILES string of the molecule is COc1cnc(C(F)F)cc1-c1cc(N2CCC3(CCC3)CC2=O)ncc1C(=O)NC(C)SC(C#CC1CC1)NN. The zero-order valence-corrected chi connectivity index (χ0v) is 23.9. The highest BCUT2D eigenvalue weighted by Crippen LogP contribution is 2.49. The number of nitrogens with zero attached hydrogens (tertiary/aromatic N) is 3. The van der Waals surface area contributed by atoms with Gasteiger partial charge in [0.25, 0.3) is 12.3 Å². The van der Waals surface area contributed by atoms with Crippen molar-refractivity contribution < 1.29 is 23.1 Å². The van der Waals surface area contributed by atoms with Crippen LogP contribution in [0, 0.1) is 23.2 Å². The van der Waals surface area contributed by atoms with Crippen LogP contribution in [0.25, 0.3) is 11.1 Å². The molecule has 5 rings (SSSR count). The average Bonchev–Trinajstić information content (AvgIpc) is 3.78. The number of carbonyl (C=O) groups excluding carboxylic acids is 2. The second-order valence-electron chi connectivity index (χ2n) is 10.9. The third-order valence-electron chi connectivity index (χ3n) is 7.96. The normalized spacial score (nSPS) is 19.3. The maximum Gasteiger partial charge on any atom is 0.280 e. The molecule has 3 fully saturated rings. The fraction of sp³-hybridized carbons (Fsp3) is 0.517. The van der Waals surface area contributed by atoms with Gasteiger partial charge in [-0.15, -0.1) is 11.8 Å². The van der Waals surface area contributed by atoms with E-state index in [1.165, 1.54) is 37.3 Å². The van der Waals surface area contributed by atoms with E-state index in [0.717, 1.165) is 38.5 Å². The Kier molecular flexibility index (Phi) is 8.77. The lowest BCUT2D eigenvalue weighted by molar-refractivity contribution is -0.124. The molecule has 218 valence electrons. The monoisotopic (exact) mass is 584 g/mol. The maximum absolute atomic E-state index is 13.7. The van der Waals surface area contributed by atoms with Crippen molar-refractivity contribution in [3.63, 3.8) is 0 Å². The number of halogens is 2. The number of hydrazine groups is 1. The van der Waals surface area contributed by atoms with Crippen LogP contribution in [0.15, 0.2) is 24.5 Å². The Hall–Kier alpha value is -3.27. The number of nitrogens with two attached hydrogens (primary N) is 1. The average molecular weight is 585 g/mol. The molecular weight excluding hydrogens is 550 g/mol. The van der Waals surface area contributed by atoms with Gasteiger partial charge in [0.15, 0.2) is 0 Å². The first-order valence-corrected chi connectivity index (χ1v) is 14.7. The number of carbonyl (C=O) groups is 2. The summed E-state index contributed by atoms with van der Waals surface area (Å²) < 4.78 is 32.8. The van der Waals surface area contributed by atoms with E-state index in [1.807, 2.05) is 0 Å². The number of piperidine rings is 1. The van der Waals surface area contributed by atoms with Crippen molar-refractivity contribution >= 4 is 29.4 Å². The van der Waals surface area contributed by atoms with Gasteiger partial charge in [-0.25, -0.2) is 19.2 Å². The summed E-state index contributed by atoms with van der Waals surface area (Å²) in [5.41, 5.74) is 2.99. The van der Waals surface area contributed by atoms with Crippen molar-refractivity contribution in [2.24, 2.45) is 17.2 Å². The number of amides is 2. The van der Waals surface area contributed by atoms with Crippen LogP contribution in [0.2, 0.25) is 0 Å². The second-order valence-corrected chi connectivity index (χ2v) is 12.3. The minimum absolute atomic E-state index is 0.0285. The number of pyridine rings is 2. The summed E-state index contributed by atoms with van der Waals surface area (Å²) >= 11 is 1.34. The highest BCUT2D eigenvalue weighted by atomic mass is 32.2. The molecular formula is C29H34F2N6O3S. The molecule has 1 aliphatic heterocycles. The van der Waals surface area contributed by atoms with E-state index in [4.69, 9.17) is 10.6 Å². The van der Waals surface area contributed by atoms with Crippen molar-refractivity contribution in [1.82, 2.24) is 20.7 Å². The molecule has 2 atom stereocenters. The molecule has 0 radical (unpaired) electrons. The molecule has 0 bridgehead atoms. The van der Waals surface area contributed by atoms with E-state index in [-0.39, 0.29) is 33.6 Å². The Labute approximate surface area is 242 Å². The third-order valence-corrected chi connectivity index (χ3v) is 9.01. The van der Waals surface area contributed by atoms with E-state index >= 15 is 0 Å². The van der Waals surface area contributed by atoms with Crippen LogP contribution in [-0.2, 0) is 4.79 Å². The smallest absolute Gasteiger partial charge is 0.280 e. The molecule has 9 nitrogen and oxygen atoms in total. The first-order valence-electron chi connectivity index (χ1n) is 13.8. The zero-order valence-electron chi connectivity index (χ0n) is 23.1. The van der Waals surface area contributed by atoms with Gasteiger partial charge in [-0.2, -0.15) is 0 Å². The minimum atomic E-state index is -2.82. The highest BCUT2D eigenvalue weighted by Gasteiger charge is 2.43. The van der Waals surface area contributed by atoms with Gasteiger partial charge in [-0.05, 0) is 56.6 Å². The van der Waals surface area contributed by atoms with Crippen LogP contribution in [0.4, 0.5) is 14.6 Å². The maximum atomic E-state index is 13.7. The van der Waals surface area contributed by atoms with Crippen LogP contribution in [-0.4, -0.2) is 46.2 Å². The lowest BCUT2D eigenvalue weighted by atomic mass is 9.63. The summed E-state index contributed by atoms with van der Waals surface area (Å²) in [5, 5.41) is 2.13. The first-order chi connectivity index (χ1) is 19.7. The molecule has 12 heteroatoms. The highest BCUT2D eigenvalue weighted by molar-refractivity contribution is 8.00. The molecule has 0 aromatic carbocycles. The van der Waals surface area contributed by atoms with Crippen molar-refractivity contribution in [2.45, 2.75) is 69.0 Å². The standard InChI is InChI=1S/C29H34F2N6O3S/c1-17(41-25(36-32)7-6-18-4-5-18)35-28(39)21-15-34-24(37-11-10-29(8-3-9-29)14-26(37)38)13-19(21)20-12-22(27(30)31)33-16-23(20)40-2/h12-13,15-18,25,27,36H,3-5,8-11,14,32H2,1-2H3,(H,35,39). The fourth-order valence-electron chi connectivity index (χ4n) is 5.31. The van der Waals surface area contributed by atoms with E-state index in [9.17, 15) is 18.4 Å².